The van der Waals surface area contributed by atoms with E-state index in [2.05, 4.69) is 59.0 Å². The predicted molar refractivity (Wildman–Crippen MR) is 77.9 cm³/mol. The highest BCUT2D eigenvalue weighted by molar-refractivity contribution is 5.39. The van der Waals surface area contributed by atoms with Gasteiger partial charge in [-0.3, -0.25) is 0 Å². The summed E-state index contributed by atoms with van der Waals surface area (Å²) in [6.45, 7) is 13.8. The molecule has 0 heterocycles. The van der Waals surface area contributed by atoms with Crippen molar-refractivity contribution in [3.8, 4) is 0 Å². The largest absolute Gasteiger partial charge is 0.396 e. The van der Waals surface area contributed by atoms with Gasteiger partial charge in [0.15, 0.2) is 0 Å². The maximum atomic E-state index is 9.28. The molecule has 0 radical (unpaired) electrons. The van der Waals surface area contributed by atoms with Crippen LogP contribution in [0.3, 0.4) is 0 Å². The van der Waals surface area contributed by atoms with Crippen LogP contribution in [0.2, 0.25) is 0 Å². The van der Waals surface area contributed by atoms with E-state index in [0.717, 1.165) is 6.54 Å². The van der Waals surface area contributed by atoms with Gasteiger partial charge in [0.25, 0.3) is 0 Å². The van der Waals surface area contributed by atoms with Crippen molar-refractivity contribution in [1.82, 2.24) is 5.32 Å². The smallest absolute Gasteiger partial charge is 0.0494 e. The van der Waals surface area contributed by atoms with E-state index in [1.165, 1.54) is 22.3 Å². The molecule has 18 heavy (non-hydrogen) atoms. The Balaban J connectivity index is 2.82. The zero-order valence-electron chi connectivity index (χ0n) is 12.6. The normalized spacial score (nSPS) is 13.7. The van der Waals surface area contributed by atoms with Gasteiger partial charge in [-0.15, -0.1) is 0 Å². The zero-order chi connectivity index (χ0) is 13.9. The highest BCUT2D eigenvalue weighted by Gasteiger charge is 2.19. The predicted octanol–water partition coefficient (Wildman–Crippen LogP) is 3.28. The van der Waals surface area contributed by atoms with Gasteiger partial charge < -0.3 is 10.4 Å². The Morgan fingerprint density at radius 3 is 2.11 bits per heavy atom. The second-order valence-electron chi connectivity index (χ2n) is 6.24. The monoisotopic (exact) mass is 249 g/mol. The van der Waals surface area contributed by atoms with E-state index in [0.29, 0.717) is 6.04 Å². The van der Waals surface area contributed by atoms with Crippen LogP contribution in [0.15, 0.2) is 12.1 Å². The molecule has 1 atom stereocenters. The maximum Gasteiger partial charge on any atom is 0.0494 e. The molecule has 0 aliphatic carbocycles. The number of aliphatic hydroxyl groups is 1. The molecule has 0 amide bonds. The molecule has 0 fully saturated rings. The molecular weight excluding hydrogens is 222 g/mol. The van der Waals surface area contributed by atoms with Gasteiger partial charge in [-0.25, -0.2) is 0 Å². The van der Waals surface area contributed by atoms with Crippen molar-refractivity contribution in [2.75, 3.05) is 13.2 Å². The van der Waals surface area contributed by atoms with E-state index in [4.69, 9.17) is 0 Å². The third-order valence-electron chi connectivity index (χ3n) is 3.49. The van der Waals surface area contributed by atoms with Gasteiger partial charge in [-0.1, -0.05) is 31.5 Å². The Bertz CT molecular complexity index is 387. The number of nitrogens with one attached hydrogen (secondary N) is 1. The lowest BCUT2D eigenvalue weighted by atomic mass is 9.92. The first-order valence-corrected chi connectivity index (χ1v) is 6.69. The number of benzene rings is 1. The van der Waals surface area contributed by atoms with Gasteiger partial charge >= 0.3 is 0 Å². The Morgan fingerprint density at radius 2 is 1.67 bits per heavy atom. The standard InChI is InChI=1S/C16H27NO/c1-11-7-12(2)15(13(3)8-11)14(4)17-9-16(5,6)10-18/h7-8,14,17-18H,9-10H2,1-6H3. The first-order valence-electron chi connectivity index (χ1n) is 6.69. The van der Waals surface area contributed by atoms with Crippen molar-refractivity contribution in [1.29, 1.82) is 0 Å². The number of aryl methyl sites for hydroxylation is 3. The number of hydrogen-bond donors (Lipinski definition) is 2. The van der Waals surface area contributed by atoms with E-state index in [1.54, 1.807) is 0 Å². The molecule has 0 bridgehead atoms. The Hall–Kier alpha value is -0.860. The summed E-state index contributed by atoms with van der Waals surface area (Å²) in [5, 5.41) is 12.8. The second kappa shape index (κ2) is 5.85. The Kier molecular flexibility index (Phi) is 4.94. The summed E-state index contributed by atoms with van der Waals surface area (Å²) in [4.78, 5) is 0. The fourth-order valence-electron chi connectivity index (χ4n) is 2.46. The van der Waals surface area contributed by atoms with Gasteiger partial charge in [0.05, 0.1) is 0 Å². The molecule has 2 nitrogen and oxygen atoms in total. The molecule has 2 heteroatoms. The number of aliphatic hydroxyl groups excluding tert-OH is 1. The van der Waals surface area contributed by atoms with Crippen LogP contribution in [-0.2, 0) is 0 Å². The van der Waals surface area contributed by atoms with Crippen LogP contribution in [0.5, 0.6) is 0 Å². The zero-order valence-corrected chi connectivity index (χ0v) is 12.6. The van der Waals surface area contributed by atoms with Gasteiger partial charge in [-0.05, 0) is 44.4 Å². The SMILES string of the molecule is Cc1cc(C)c(C(C)NCC(C)(C)CO)c(C)c1. The highest BCUT2D eigenvalue weighted by atomic mass is 16.3. The maximum absolute atomic E-state index is 9.28. The van der Waals surface area contributed by atoms with Crippen LogP contribution in [0, 0.1) is 26.2 Å². The topological polar surface area (TPSA) is 32.3 Å². The molecule has 0 aromatic heterocycles. The van der Waals surface area contributed by atoms with Gasteiger partial charge in [0.1, 0.15) is 0 Å². The lowest BCUT2D eigenvalue weighted by Crippen LogP contribution is -2.34. The molecule has 0 spiro atoms. The molecule has 1 aromatic rings. The minimum Gasteiger partial charge on any atom is -0.396 e. The molecule has 0 aliphatic heterocycles. The van der Waals surface area contributed by atoms with Crippen LogP contribution in [0.1, 0.15) is 49.1 Å². The third kappa shape index (κ3) is 3.82. The van der Waals surface area contributed by atoms with Crippen LogP contribution in [-0.4, -0.2) is 18.3 Å². The van der Waals surface area contributed by atoms with E-state index < -0.39 is 0 Å². The van der Waals surface area contributed by atoms with Crippen LogP contribution in [0.4, 0.5) is 0 Å². The second-order valence-corrected chi connectivity index (χ2v) is 6.24. The summed E-state index contributed by atoms with van der Waals surface area (Å²) < 4.78 is 0. The first kappa shape index (κ1) is 15.2. The van der Waals surface area contributed by atoms with Crippen molar-refractivity contribution in [3.05, 3.63) is 34.4 Å². The summed E-state index contributed by atoms with van der Waals surface area (Å²) in [5.74, 6) is 0. The molecule has 0 aliphatic rings. The van der Waals surface area contributed by atoms with Crippen molar-refractivity contribution in [2.24, 2.45) is 5.41 Å². The van der Waals surface area contributed by atoms with Crippen molar-refractivity contribution >= 4 is 0 Å². The Morgan fingerprint density at radius 1 is 1.17 bits per heavy atom. The minimum absolute atomic E-state index is 0.0687. The molecule has 102 valence electrons. The van der Waals surface area contributed by atoms with E-state index in [1.807, 2.05) is 0 Å². The summed E-state index contributed by atoms with van der Waals surface area (Å²) >= 11 is 0. The average molecular weight is 249 g/mol. The van der Waals surface area contributed by atoms with Gasteiger partial charge in [0, 0.05) is 24.6 Å². The van der Waals surface area contributed by atoms with Crippen LogP contribution >= 0.6 is 0 Å². The van der Waals surface area contributed by atoms with Crippen molar-refractivity contribution in [3.63, 3.8) is 0 Å². The summed E-state index contributed by atoms with van der Waals surface area (Å²) in [5.41, 5.74) is 5.32. The molecule has 1 aromatic carbocycles. The number of hydrogen-bond acceptors (Lipinski definition) is 2. The van der Waals surface area contributed by atoms with Crippen LogP contribution in [0.25, 0.3) is 0 Å². The molecule has 0 saturated carbocycles. The fraction of sp³-hybridized carbons (Fsp3) is 0.625. The molecule has 1 rings (SSSR count). The molecule has 2 N–H and O–H groups in total. The van der Waals surface area contributed by atoms with E-state index in [9.17, 15) is 5.11 Å². The van der Waals surface area contributed by atoms with Gasteiger partial charge in [0.2, 0.25) is 0 Å². The lowest BCUT2D eigenvalue weighted by molar-refractivity contribution is 0.154. The summed E-state index contributed by atoms with van der Waals surface area (Å²) in [6.07, 6.45) is 0. The van der Waals surface area contributed by atoms with Gasteiger partial charge in [-0.2, -0.15) is 0 Å². The molecule has 1 unspecified atom stereocenters. The molecular formula is C16H27NO. The number of rotatable bonds is 5. The lowest BCUT2D eigenvalue weighted by Gasteiger charge is -2.26. The Labute approximate surface area is 111 Å². The third-order valence-corrected chi connectivity index (χ3v) is 3.49. The van der Waals surface area contributed by atoms with E-state index >= 15 is 0 Å². The average Bonchev–Trinajstić information content (AvgIpc) is 2.25. The van der Waals surface area contributed by atoms with Crippen molar-refractivity contribution in [2.45, 2.75) is 47.6 Å². The highest BCUT2D eigenvalue weighted by Crippen LogP contribution is 2.24. The van der Waals surface area contributed by atoms with E-state index in [-0.39, 0.29) is 12.0 Å². The quantitative estimate of drug-likeness (QED) is 0.839. The minimum atomic E-state index is -0.0687. The fourth-order valence-corrected chi connectivity index (χ4v) is 2.46. The summed E-state index contributed by atoms with van der Waals surface area (Å²) in [7, 11) is 0. The first-order chi connectivity index (χ1) is 8.26. The molecule has 0 saturated heterocycles. The van der Waals surface area contributed by atoms with Crippen LogP contribution < -0.4 is 5.32 Å². The van der Waals surface area contributed by atoms with Crippen molar-refractivity contribution < 1.29 is 5.11 Å². The summed E-state index contributed by atoms with van der Waals surface area (Å²) in [6, 6.07) is 4.78.